The first kappa shape index (κ1) is 16.9. The molecule has 2 N–H and O–H groups in total. The van der Waals surface area contributed by atoms with E-state index < -0.39 is 10.7 Å². The van der Waals surface area contributed by atoms with E-state index in [0.717, 1.165) is 0 Å². The average molecular weight is 368 g/mol. The lowest BCUT2D eigenvalue weighted by Crippen LogP contribution is -2.14. The Morgan fingerprint density at radius 1 is 1.19 bits per heavy atom. The van der Waals surface area contributed by atoms with Gasteiger partial charge in [-0.15, -0.1) is 10.2 Å². The Bertz CT molecular complexity index is 1080. The van der Waals surface area contributed by atoms with Crippen molar-refractivity contribution in [3.63, 3.8) is 0 Å². The Kier molecular flexibility index (Phi) is 4.18. The molecule has 27 heavy (non-hydrogen) atoms. The molecule has 0 radical (unpaired) electrons. The molecule has 3 aromatic rings. The molecular weight excluding hydrogens is 355 g/mol. The molecule has 4 rings (SSSR count). The van der Waals surface area contributed by atoms with Gasteiger partial charge in [0, 0.05) is 17.2 Å². The topological polar surface area (TPSA) is 121 Å². The van der Waals surface area contributed by atoms with Gasteiger partial charge in [0.2, 0.25) is 0 Å². The number of fused-ring (bicyclic) bond motifs is 3. The highest BCUT2D eigenvalue weighted by atomic mass is 19.1. The van der Waals surface area contributed by atoms with Gasteiger partial charge in [-0.3, -0.25) is 24.5 Å². The molecule has 1 aromatic heterocycles. The predicted molar refractivity (Wildman–Crippen MR) is 92.7 cm³/mol. The van der Waals surface area contributed by atoms with Gasteiger partial charge >= 0.3 is 0 Å². The quantitative estimate of drug-likeness (QED) is 0.556. The Hall–Kier alpha value is -3.50. The summed E-state index contributed by atoms with van der Waals surface area (Å²) in [5.74, 6) is 5.33. The number of hydrogen-bond acceptors (Lipinski definition) is 7. The molecular formula is C17H13FN6O3. The van der Waals surface area contributed by atoms with Crippen molar-refractivity contribution in [3.05, 3.63) is 81.2 Å². The van der Waals surface area contributed by atoms with Crippen molar-refractivity contribution in [1.82, 2.24) is 14.8 Å². The molecule has 0 unspecified atom stereocenters. The van der Waals surface area contributed by atoms with Gasteiger partial charge in [-0.25, -0.2) is 10.3 Å². The Balaban J connectivity index is 2.05. The number of nitrogens with two attached hydrogens (primary N) is 1. The Morgan fingerprint density at radius 2 is 1.96 bits per heavy atom. The van der Waals surface area contributed by atoms with Gasteiger partial charge in [0.25, 0.3) is 5.69 Å². The van der Waals surface area contributed by atoms with Crippen LogP contribution in [0.1, 0.15) is 22.8 Å². The maximum absolute atomic E-state index is 14.4. The van der Waals surface area contributed by atoms with Crippen LogP contribution in [0, 0.1) is 15.9 Å². The van der Waals surface area contributed by atoms with E-state index in [4.69, 9.17) is 5.90 Å². The molecule has 2 heterocycles. The summed E-state index contributed by atoms with van der Waals surface area (Å²) >= 11 is 0. The maximum atomic E-state index is 14.4. The van der Waals surface area contributed by atoms with Crippen LogP contribution in [-0.2, 0) is 18.0 Å². The van der Waals surface area contributed by atoms with Crippen LogP contribution in [0.3, 0.4) is 0 Å². The van der Waals surface area contributed by atoms with Crippen molar-refractivity contribution in [1.29, 1.82) is 0 Å². The standard InChI is InChI=1S/C17H13FN6O3/c18-12-6-2-1-4-10(12)16-11-5-3-7-13(24(25)26)17(11)23-14(8-20-16)21-22-15(23)9-27-19/h1-7H,8-9,19H2. The number of halogens is 1. The molecule has 0 bridgehead atoms. The summed E-state index contributed by atoms with van der Waals surface area (Å²) < 4.78 is 15.9. The van der Waals surface area contributed by atoms with Gasteiger partial charge in [-0.05, 0) is 12.1 Å². The van der Waals surface area contributed by atoms with Crippen LogP contribution in [0.2, 0.25) is 0 Å². The van der Waals surface area contributed by atoms with Crippen LogP contribution in [0.4, 0.5) is 10.1 Å². The summed E-state index contributed by atoms with van der Waals surface area (Å²) in [6.07, 6.45) is 0. The minimum atomic E-state index is -0.514. The van der Waals surface area contributed by atoms with Crippen LogP contribution < -0.4 is 5.90 Å². The second-order valence-corrected chi connectivity index (χ2v) is 5.75. The van der Waals surface area contributed by atoms with Crippen LogP contribution >= 0.6 is 0 Å². The molecule has 10 heteroatoms. The van der Waals surface area contributed by atoms with E-state index in [1.165, 1.54) is 22.8 Å². The fourth-order valence-electron chi connectivity index (χ4n) is 3.11. The van der Waals surface area contributed by atoms with Crippen LogP contribution in [-0.4, -0.2) is 25.4 Å². The Labute approximate surface area is 152 Å². The fraction of sp³-hybridized carbons (Fsp3) is 0.118. The molecule has 0 saturated carbocycles. The van der Waals surface area contributed by atoms with Gasteiger partial charge in [-0.2, -0.15) is 0 Å². The van der Waals surface area contributed by atoms with Crippen molar-refractivity contribution in [3.8, 4) is 5.69 Å². The minimum Gasteiger partial charge on any atom is -0.296 e. The zero-order valence-corrected chi connectivity index (χ0v) is 13.9. The summed E-state index contributed by atoms with van der Waals surface area (Å²) in [7, 11) is 0. The summed E-state index contributed by atoms with van der Waals surface area (Å²) in [5.41, 5.74) is 0.962. The lowest BCUT2D eigenvalue weighted by atomic mass is 9.99. The number of aromatic nitrogens is 3. The molecule has 0 saturated heterocycles. The maximum Gasteiger partial charge on any atom is 0.294 e. The lowest BCUT2D eigenvalue weighted by Gasteiger charge is -2.13. The molecule has 0 atom stereocenters. The number of para-hydroxylation sites is 1. The smallest absolute Gasteiger partial charge is 0.294 e. The van der Waals surface area contributed by atoms with Gasteiger partial charge in [0.15, 0.2) is 11.6 Å². The molecule has 0 aliphatic carbocycles. The zero-order chi connectivity index (χ0) is 19.0. The second-order valence-electron chi connectivity index (χ2n) is 5.75. The highest BCUT2D eigenvalue weighted by molar-refractivity contribution is 6.16. The molecule has 2 aromatic carbocycles. The second kappa shape index (κ2) is 6.67. The molecule has 9 nitrogen and oxygen atoms in total. The first-order valence-electron chi connectivity index (χ1n) is 7.94. The summed E-state index contributed by atoms with van der Waals surface area (Å²) in [5, 5.41) is 19.7. The van der Waals surface area contributed by atoms with Crippen LogP contribution in [0.25, 0.3) is 5.69 Å². The monoisotopic (exact) mass is 368 g/mol. The number of nitro groups is 1. The number of rotatable bonds is 4. The third kappa shape index (κ3) is 2.76. The summed E-state index contributed by atoms with van der Waals surface area (Å²) in [6.45, 7) is -0.0411. The third-order valence-electron chi connectivity index (χ3n) is 4.21. The third-order valence-corrected chi connectivity index (χ3v) is 4.21. The van der Waals surface area contributed by atoms with E-state index in [0.29, 0.717) is 17.1 Å². The minimum absolute atomic E-state index is 0.0626. The van der Waals surface area contributed by atoms with E-state index in [2.05, 4.69) is 20.0 Å². The van der Waals surface area contributed by atoms with Crippen LogP contribution in [0.5, 0.6) is 0 Å². The first-order chi connectivity index (χ1) is 13.1. The normalized spacial score (nSPS) is 12.7. The van der Waals surface area contributed by atoms with E-state index in [9.17, 15) is 14.5 Å². The SMILES string of the molecule is NOCc1nnc2n1-c1c(cccc1[N+](=O)[O-])C(c1ccccc1F)=NC2. The molecule has 0 spiro atoms. The number of nitrogens with zero attached hydrogens (tertiary/aromatic N) is 5. The largest absolute Gasteiger partial charge is 0.296 e. The first-order valence-corrected chi connectivity index (χ1v) is 7.94. The van der Waals surface area contributed by atoms with E-state index in [1.54, 1.807) is 24.3 Å². The van der Waals surface area contributed by atoms with Crippen molar-refractivity contribution in [2.24, 2.45) is 10.9 Å². The Morgan fingerprint density at radius 3 is 2.70 bits per heavy atom. The van der Waals surface area contributed by atoms with Gasteiger partial charge < -0.3 is 0 Å². The number of benzene rings is 2. The van der Waals surface area contributed by atoms with Crippen molar-refractivity contribution < 1.29 is 14.2 Å². The fourth-order valence-corrected chi connectivity index (χ4v) is 3.11. The average Bonchev–Trinajstić information content (AvgIpc) is 2.97. The van der Waals surface area contributed by atoms with Gasteiger partial charge in [0.05, 0.1) is 10.6 Å². The van der Waals surface area contributed by atoms with E-state index in [1.807, 2.05) is 0 Å². The molecule has 1 aliphatic heterocycles. The van der Waals surface area contributed by atoms with Gasteiger partial charge in [0.1, 0.15) is 24.7 Å². The van der Waals surface area contributed by atoms with E-state index >= 15 is 0 Å². The van der Waals surface area contributed by atoms with Crippen molar-refractivity contribution in [2.45, 2.75) is 13.2 Å². The van der Waals surface area contributed by atoms with Crippen molar-refractivity contribution in [2.75, 3.05) is 0 Å². The lowest BCUT2D eigenvalue weighted by molar-refractivity contribution is -0.384. The number of nitro benzene ring substituents is 1. The molecule has 1 aliphatic rings. The molecule has 136 valence electrons. The summed E-state index contributed by atoms with van der Waals surface area (Å²) in [4.78, 5) is 20.3. The summed E-state index contributed by atoms with van der Waals surface area (Å²) in [6, 6.07) is 10.7. The van der Waals surface area contributed by atoms with Crippen molar-refractivity contribution >= 4 is 11.4 Å². The highest BCUT2D eigenvalue weighted by Gasteiger charge is 2.30. The van der Waals surface area contributed by atoms with E-state index in [-0.39, 0.29) is 35.9 Å². The number of aliphatic imine (C=N–C) groups is 1. The van der Waals surface area contributed by atoms with Gasteiger partial charge in [-0.1, -0.05) is 24.3 Å². The molecule has 0 fully saturated rings. The zero-order valence-electron chi connectivity index (χ0n) is 13.9. The predicted octanol–water partition coefficient (Wildman–Crippen LogP) is 2.06. The number of hydrogen-bond donors (Lipinski definition) is 1. The highest BCUT2D eigenvalue weighted by Crippen LogP contribution is 2.33. The molecule has 0 amide bonds. The van der Waals surface area contributed by atoms with Crippen LogP contribution in [0.15, 0.2) is 47.5 Å².